The lowest BCUT2D eigenvalue weighted by Crippen LogP contribution is -2.25. The molecule has 15 heavy (non-hydrogen) atoms. The summed E-state index contributed by atoms with van der Waals surface area (Å²) in [7, 11) is 0. The number of hydrogen-bond acceptors (Lipinski definition) is 2. The molecule has 1 aliphatic heterocycles. The summed E-state index contributed by atoms with van der Waals surface area (Å²) < 4.78 is 0. The number of nitrogens with two attached hydrogens (primary N) is 1. The zero-order chi connectivity index (χ0) is 10.7. The molecule has 0 radical (unpaired) electrons. The molecule has 82 valence electrons. The molecular formula is C13H19NS. The van der Waals surface area contributed by atoms with Crippen LogP contribution in [0.2, 0.25) is 0 Å². The van der Waals surface area contributed by atoms with E-state index in [2.05, 4.69) is 43.0 Å². The molecule has 0 aliphatic carbocycles. The summed E-state index contributed by atoms with van der Waals surface area (Å²) in [6, 6.07) is 8.88. The van der Waals surface area contributed by atoms with Crippen molar-refractivity contribution >= 4 is 11.8 Å². The average molecular weight is 221 g/mol. The number of thioether (sulfide) groups is 1. The number of hydrogen-bond donors (Lipinski definition) is 1. The van der Waals surface area contributed by atoms with Gasteiger partial charge in [-0.2, -0.15) is 11.8 Å². The van der Waals surface area contributed by atoms with Gasteiger partial charge in [0.15, 0.2) is 0 Å². The highest BCUT2D eigenvalue weighted by molar-refractivity contribution is 7.99. The summed E-state index contributed by atoms with van der Waals surface area (Å²) in [6.45, 7) is 2.13. The van der Waals surface area contributed by atoms with Gasteiger partial charge in [0, 0.05) is 6.04 Å². The normalized spacial score (nSPS) is 20.1. The molecule has 1 aromatic rings. The van der Waals surface area contributed by atoms with E-state index in [1.165, 1.54) is 35.5 Å². The molecule has 2 heteroatoms. The molecule has 1 aliphatic rings. The van der Waals surface area contributed by atoms with Crippen LogP contribution in [0, 0.1) is 12.8 Å². The monoisotopic (exact) mass is 221 g/mol. The van der Waals surface area contributed by atoms with E-state index < -0.39 is 0 Å². The van der Waals surface area contributed by atoms with E-state index >= 15 is 0 Å². The zero-order valence-electron chi connectivity index (χ0n) is 9.28. The molecule has 0 bridgehead atoms. The van der Waals surface area contributed by atoms with Crippen LogP contribution in [0.5, 0.6) is 0 Å². The summed E-state index contributed by atoms with van der Waals surface area (Å²) in [5, 5.41) is 0. The third-order valence-corrected chi connectivity index (χ3v) is 4.25. The fourth-order valence-corrected chi connectivity index (χ4v) is 3.37. The summed E-state index contributed by atoms with van der Waals surface area (Å²) in [5.41, 5.74) is 8.95. The highest BCUT2D eigenvalue weighted by Gasteiger charge is 2.21. The van der Waals surface area contributed by atoms with Gasteiger partial charge in [-0.3, -0.25) is 0 Å². The van der Waals surface area contributed by atoms with E-state index in [0.717, 1.165) is 0 Å². The second-order valence-corrected chi connectivity index (χ2v) is 5.61. The molecule has 2 rings (SSSR count). The molecule has 1 fully saturated rings. The van der Waals surface area contributed by atoms with Crippen LogP contribution in [0.4, 0.5) is 0 Å². The Kier molecular flexibility index (Phi) is 3.71. The molecule has 1 atom stereocenters. The van der Waals surface area contributed by atoms with Gasteiger partial charge in [-0.25, -0.2) is 0 Å². The van der Waals surface area contributed by atoms with Crippen LogP contribution in [0.15, 0.2) is 24.3 Å². The molecule has 1 saturated heterocycles. The molecule has 0 saturated carbocycles. The van der Waals surface area contributed by atoms with Gasteiger partial charge in [-0.1, -0.05) is 29.8 Å². The van der Waals surface area contributed by atoms with E-state index in [1.54, 1.807) is 0 Å². The summed E-state index contributed by atoms with van der Waals surface area (Å²) in [5.74, 6) is 3.25. The average Bonchev–Trinajstić information content (AvgIpc) is 2.29. The highest BCUT2D eigenvalue weighted by Crippen LogP contribution is 2.31. The molecule has 0 amide bonds. The van der Waals surface area contributed by atoms with Gasteiger partial charge in [-0.05, 0) is 42.8 Å². The fraction of sp³-hybridized carbons (Fsp3) is 0.538. The predicted octanol–water partition coefficient (Wildman–Crippen LogP) is 3.14. The minimum atomic E-state index is 0.241. The Balaban J connectivity index is 2.08. The Hall–Kier alpha value is -0.470. The third-order valence-electron chi connectivity index (χ3n) is 3.20. The molecule has 1 nitrogen and oxygen atoms in total. The molecule has 0 aromatic heterocycles. The van der Waals surface area contributed by atoms with Gasteiger partial charge in [0.2, 0.25) is 0 Å². The van der Waals surface area contributed by atoms with Crippen molar-refractivity contribution in [2.75, 3.05) is 11.5 Å². The van der Waals surface area contributed by atoms with Crippen molar-refractivity contribution in [3.05, 3.63) is 35.4 Å². The summed E-state index contributed by atoms with van der Waals surface area (Å²) in [6.07, 6.45) is 2.56. The smallest absolute Gasteiger partial charge is 0.0324 e. The molecule has 1 aromatic carbocycles. The third kappa shape index (κ3) is 2.76. The Morgan fingerprint density at radius 2 is 2.07 bits per heavy atom. The van der Waals surface area contributed by atoms with Crippen molar-refractivity contribution in [3.63, 3.8) is 0 Å². The fourth-order valence-electron chi connectivity index (χ4n) is 2.22. The maximum Gasteiger partial charge on any atom is 0.0324 e. The highest BCUT2D eigenvalue weighted by atomic mass is 32.2. The standard InChI is InChI=1S/C13H19NS/c1-10-3-2-4-12(9-10)13(14)11-5-7-15-8-6-11/h2-4,9,11,13H,5-8,14H2,1H3. The first kappa shape index (κ1) is 11.0. The predicted molar refractivity (Wildman–Crippen MR) is 68.2 cm³/mol. The Labute approximate surface area is 96.4 Å². The van der Waals surface area contributed by atoms with Gasteiger partial charge in [0.05, 0.1) is 0 Å². The SMILES string of the molecule is Cc1cccc(C(N)C2CCSCC2)c1. The molecule has 1 unspecified atom stereocenters. The van der Waals surface area contributed by atoms with Gasteiger partial charge in [-0.15, -0.1) is 0 Å². The van der Waals surface area contributed by atoms with Crippen LogP contribution in [0.3, 0.4) is 0 Å². The first-order valence-corrected chi connectivity index (χ1v) is 6.83. The Morgan fingerprint density at radius 1 is 1.33 bits per heavy atom. The van der Waals surface area contributed by atoms with Crippen molar-refractivity contribution in [2.24, 2.45) is 11.7 Å². The van der Waals surface area contributed by atoms with Crippen LogP contribution in [0.1, 0.15) is 30.0 Å². The summed E-state index contributed by atoms with van der Waals surface area (Å²) in [4.78, 5) is 0. The molecule has 0 spiro atoms. The lowest BCUT2D eigenvalue weighted by molar-refractivity contribution is 0.403. The maximum absolute atomic E-state index is 6.33. The second-order valence-electron chi connectivity index (χ2n) is 4.39. The van der Waals surface area contributed by atoms with Crippen molar-refractivity contribution < 1.29 is 0 Å². The lowest BCUT2D eigenvalue weighted by Gasteiger charge is -2.27. The largest absolute Gasteiger partial charge is 0.324 e. The Bertz CT molecular complexity index is 318. The van der Waals surface area contributed by atoms with Crippen LogP contribution >= 0.6 is 11.8 Å². The topological polar surface area (TPSA) is 26.0 Å². The molecule has 1 heterocycles. The first-order valence-electron chi connectivity index (χ1n) is 5.67. The summed E-state index contributed by atoms with van der Waals surface area (Å²) >= 11 is 2.06. The second kappa shape index (κ2) is 5.04. The van der Waals surface area contributed by atoms with E-state index in [-0.39, 0.29) is 6.04 Å². The van der Waals surface area contributed by atoms with Gasteiger partial charge in [0.25, 0.3) is 0 Å². The van der Waals surface area contributed by atoms with Gasteiger partial charge in [0.1, 0.15) is 0 Å². The van der Waals surface area contributed by atoms with Crippen molar-refractivity contribution in [1.82, 2.24) is 0 Å². The van der Waals surface area contributed by atoms with Crippen LogP contribution in [-0.2, 0) is 0 Å². The van der Waals surface area contributed by atoms with Crippen LogP contribution in [-0.4, -0.2) is 11.5 Å². The molecule has 2 N–H and O–H groups in total. The quantitative estimate of drug-likeness (QED) is 0.830. The van der Waals surface area contributed by atoms with Gasteiger partial charge >= 0.3 is 0 Å². The zero-order valence-corrected chi connectivity index (χ0v) is 10.1. The number of benzene rings is 1. The van der Waals surface area contributed by atoms with Crippen LogP contribution in [0.25, 0.3) is 0 Å². The van der Waals surface area contributed by atoms with Crippen molar-refractivity contribution in [3.8, 4) is 0 Å². The van der Waals surface area contributed by atoms with Crippen LogP contribution < -0.4 is 5.73 Å². The van der Waals surface area contributed by atoms with Crippen molar-refractivity contribution in [1.29, 1.82) is 0 Å². The minimum Gasteiger partial charge on any atom is -0.324 e. The lowest BCUT2D eigenvalue weighted by atomic mass is 9.89. The van der Waals surface area contributed by atoms with E-state index in [9.17, 15) is 0 Å². The maximum atomic E-state index is 6.33. The first-order chi connectivity index (χ1) is 7.27. The van der Waals surface area contributed by atoms with E-state index in [4.69, 9.17) is 5.73 Å². The van der Waals surface area contributed by atoms with Gasteiger partial charge < -0.3 is 5.73 Å². The Morgan fingerprint density at radius 3 is 2.73 bits per heavy atom. The van der Waals surface area contributed by atoms with E-state index in [0.29, 0.717) is 5.92 Å². The number of rotatable bonds is 2. The van der Waals surface area contributed by atoms with E-state index in [1.807, 2.05) is 0 Å². The molecular weight excluding hydrogens is 202 g/mol. The number of aryl methyl sites for hydroxylation is 1. The van der Waals surface area contributed by atoms with Crippen molar-refractivity contribution in [2.45, 2.75) is 25.8 Å². The minimum absolute atomic E-state index is 0.241.